The summed E-state index contributed by atoms with van der Waals surface area (Å²) in [5.41, 5.74) is 2.88. The number of aryl methyl sites for hydroxylation is 2. The molecule has 0 spiro atoms. The molecule has 0 saturated carbocycles. The molecule has 0 N–H and O–H groups in total. The Hall–Kier alpha value is -1.76. The summed E-state index contributed by atoms with van der Waals surface area (Å²) in [7, 11) is 0. The fourth-order valence-electron chi connectivity index (χ4n) is 7.69. The molecule has 0 aliphatic heterocycles. The second kappa shape index (κ2) is 35.3. The van der Waals surface area contributed by atoms with Gasteiger partial charge in [-0.2, -0.15) is 0 Å². The first-order chi connectivity index (χ1) is 25.3. The molecule has 51 heavy (non-hydrogen) atoms. The van der Waals surface area contributed by atoms with E-state index in [0.29, 0.717) is 0 Å². The first-order valence-electron chi connectivity index (χ1n) is 23.2. The van der Waals surface area contributed by atoms with Crippen molar-refractivity contribution in [3.05, 3.63) is 59.7 Å². The summed E-state index contributed by atoms with van der Waals surface area (Å²) in [4.78, 5) is 0. The van der Waals surface area contributed by atoms with Gasteiger partial charge in [0.2, 0.25) is 0 Å². The van der Waals surface area contributed by atoms with Crippen molar-refractivity contribution in [2.24, 2.45) is 0 Å². The minimum atomic E-state index is 0.946. The van der Waals surface area contributed by atoms with Gasteiger partial charge in [-0.15, -0.1) is 0 Å². The van der Waals surface area contributed by atoms with Crippen molar-refractivity contribution >= 4 is 0 Å². The maximum atomic E-state index is 6.17. The first kappa shape index (κ1) is 45.4. The van der Waals surface area contributed by atoms with E-state index in [-0.39, 0.29) is 0 Å². The predicted molar refractivity (Wildman–Crippen MR) is 229 cm³/mol. The Kier molecular flexibility index (Phi) is 31.4. The summed E-state index contributed by atoms with van der Waals surface area (Å²) in [6, 6.07) is 17.6. The first-order valence-corrected chi connectivity index (χ1v) is 23.2. The summed E-state index contributed by atoms with van der Waals surface area (Å²) in [5, 5.41) is 0. The molecule has 2 aromatic carbocycles. The highest BCUT2D eigenvalue weighted by molar-refractivity contribution is 5.34. The topological polar surface area (TPSA) is 9.23 Å². The normalized spacial score (nSPS) is 11.4. The average Bonchev–Trinajstić information content (AvgIpc) is 3.15. The third kappa shape index (κ3) is 28.4. The van der Waals surface area contributed by atoms with E-state index in [1.807, 2.05) is 0 Å². The summed E-state index contributed by atoms with van der Waals surface area (Å²) >= 11 is 0. The molecule has 0 radical (unpaired) electrons. The van der Waals surface area contributed by atoms with Crippen molar-refractivity contribution in [2.45, 2.75) is 245 Å². The summed E-state index contributed by atoms with van der Waals surface area (Å²) < 4.78 is 6.17. The number of benzene rings is 2. The summed E-state index contributed by atoms with van der Waals surface area (Å²) in [6.07, 6.45) is 51.0. The molecule has 2 aromatic rings. The molecule has 0 heterocycles. The second-order valence-electron chi connectivity index (χ2n) is 16.2. The highest BCUT2D eigenvalue weighted by Gasteiger charge is 2.02. The minimum Gasteiger partial charge on any atom is -0.457 e. The van der Waals surface area contributed by atoms with Gasteiger partial charge in [-0.25, -0.2) is 0 Å². The van der Waals surface area contributed by atoms with E-state index in [1.54, 1.807) is 0 Å². The standard InChI is InChI=1S/C50H86O/c1-3-5-7-9-11-13-15-17-19-21-23-25-27-29-31-33-35-37-47-39-43-49(44-40-47)51-50-45-41-48(42-46-50)38-36-34-32-30-28-26-24-22-20-18-16-14-12-10-8-6-4-2/h39-46H,3-38H2,1-2H3. The van der Waals surface area contributed by atoms with Crippen LogP contribution in [-0.2, 0) is 12.8 Å². The monoisotopic (exact) mass is 703 g/mol. The van der Waals surface area contributed by atoms with Gasteiger partial charge in [0.1, 0.15) is 11.5 Å². The van der Waals surface area contributed by atoms with E-state index < -0.39 is 0 Å². The van der Waals surface area contributed by atoms with Crippen molar-refractivity contribution in [1.29, 1.82) is 0 Å². The van der Waals surface area contributed by atoms with Gasteiger partial charge in [0.15, 0.2) is 0 Å². The van der Waals surface area contributed by atoms with Crippen LogP contribution in [0.2, 0.25) is 0 Å². The number of hydrogen-bond acceptors (Lipinski definition) is 1. The molecule has 1 nitrogen and oxygen atoms in total. The van der Waals surface area contributed by atoms with Crippen LogP contribution < -0.4 is 4.74 Å². The van der Waals surface area contributed by atoms with E-state index in [4.69, 9.17) is 4.74 Å². The van der Waals surface area contributed by atoms with Crippen molar-refractivity contribution in [3.63, 3.8) is 0 Å². The Labute approximate surface area is 319 Å². The molecule has 0 amide bonds. The Balaban J connectivity index is 1.36. The maximum Gasteiger partial charge on any atom is 0.127 e. The van der Waals surface area contributed by atoms with Crippen LogP contribution in [0.25, 0.3) is 0 Å². The molecule has 0 atom stereocenters. The van der Waals surface area contributed by atoms with Gasteiger partial charge < -0.3 is 4.74 Å². The summed E-state index contributed by atoms with van der Waals surface area (Å²) in [6.45, 7) is 4.61. The van der Waals surface area contributed by atoms with E-state index in [0.717, 1.165) is 11.5 Å². The lowest BCUT2D eigenvalue weighted by atomic mass is 10.0. The van der Waals surface area contributed by atoms with E-state index in [9.17, 15) is 0 Å². The Bertz CT molecular complexity index is 880. The van der Waals surface area contributed by atoms with E-state index in [2.05, 4.69) is 62.4 Å². The lowest BCUT2D eigenvalue weighted by Crippen LogP contribution is -1.90. The van der Waals surface area contributed by atoms with Crippen LogP contribution in [0.15, 0.2) is 48.5 Å². The van der Waals surface area contributed by atoms with Gasteiger partial charge in [-0.3, -0.25) is 0 Å². The fraction of sp³-hybridized carbons (Fsp3) is 0.760. The third-order valence-electron chi connectivity index (χ3n) is 11.2. The SMILES string of the molecule is CCCCCCCCCCCCCCCCCCCc1ccc(Oc2ccc(CCCCCCCCCCCCCCCCCCC)cc2)cc1. The largest absolute Gasteiger partial charge is 0.457 e. The Morgan fingerprint density at radius 2 is 0.451 bits per heavy atom. The van der Waals surface area contributed by atoms with Gasteiger partial charge in [-0.1, -0.05) is 244 Å². The third-order valence-corrected chi connectivity index (χ3v) is 11.2. The molecule has 0 aliphatic rings. The lowest BCUT2D eigenvalue weighted by Gasteiger charge is -2.08. The van der Waals surface area contributed by atoms with Gasteiger partial charge in [0.25, 0.3) is 0 Å². The van der Waals surface area contributed by atoms with Gasteiger partial charge >= 0.3 is 0 Å². The number of unbranched alkanes of at least 4 members (excludes halogenated alkanes) is 32. The highest BCUT2D eigenvalue weighted by Crippen LogP contribution is 2.24. The molecule has 0 saturated heterocycles. The average molecular weight is 703 g/mol. The zero-order valence-electron chi connectivity index (χ0n) is 34.5. The fourth-order valence-corrected chi connectivity index (χ4v) is 7.69. The molecule has 0 unspecified atom stereocenters. The van der Waals surface area contributed by atoms with Crippen LogP contribution in [-0.4, -0.2) is 0 Å². The van der Waals surface area contributed by atoms with Crippen molar-refractivity contribution in [2.75, 3.05) is 0 Å². The number of hydrogen-bond donors (Lipinski definition) is 0. The van der Waals surface area contributed by atoms with Crippen LogP contribution in [0.4, 0.5) is 0 Å². The molecule has 0 bridgehead atoms. The zero-order valence-corrected chi connectivity index (χ0v) is 34.5. The van der Waals surface area contributed by atoms with Crippen molar-refractivity contribution in [3.8, 4) is 11.5 Å². The maximum absolute atomic E-state index is 6.17. The van der Waals surface area contributed by atoms with Gasteiger partial charge in [0.05, 0.1) is 0 Å². The molecule has 2 rings (SSSR count). The smallest absolute Gasteiger partial charge is 0.127 e. The predicted octanol–water partition coefficient (Wildman–Crippen LogP) is 17.9. The van der Waals surface area contributed by atoms with Crippen LogP contribution in [0, 0.1) is 0 Å². The number of ether oxygens (including phenoxy) is 1. The summed E-state index contributed by atoms with van der Waals surface area (Å²) in [5.74, 6) is 1.89. The van der Waals surface area contributed by atoms with E-state index in [1.165, 1.54) is 242 Å². The minimum absolute atomic E-state index is 0.946. The van der Waals surface area contributed by atoms with Crippen molar-refractivity contribution in [1.82, 2.24) is 0 Å². The molecule has 292 valence electrons. The Morgan fingerprint density at radius 3 is 0.667 bits per heavy atom. The molecule has 0 fully saturated rings. The molecule has 0 aliphatic carbocycles. The molecule has 1 heteroatoms. The molecular weight excluding hydrogens is 617 g/mol. The highest BCUT2D eigenvalue weighted by atomic mass is 16.5. The zero-order chi connectivity index (χ0) is 36.1. The van der Waals surface area contributed by atoms with Crippen LogP contribution in [0.3, 0.4) is 0 Å². The van der Waals surface area contributed by atoms with Crippen LogP contribution >= 0.6 is 0 Å². The second-order valence-corrected chi connectivity index (χ2v) is 16.2. The molecular formula is C50H86O. The lowest BCUT2D eigenvalue weighted by molar-refractivity contribution is 0.482. The Morgan fingerprint density at radius 1 is 0.255 bits per heavy atom. The van der Waals surface area contributed by atoms with Crippen molar-refractivity contribution < 1.29 is 4.74 Å². The van der Waals surface area contributed by atoms with Gasteiger partial charge in [-0.05, 0) is 61.1 Å². The van der Waals surface area contributed by atoms with Crippen LogP contribution in [0.5, 0.6) is 11.5 Å². The molecule has 0 aromatic heterocycles. The van der Waals surface area contributed by atoms with E-state index >= 15 is 0 Å². The van der Waals surface area contributed by atoms with Gasteiger partial charge in [0, 0.05) is 0 Å². The quantitative estimate of drug-likeness (QED) is 0.0633. The van der Waals surface area contributed by atoms with Crippen LogP contribution in [0.1, 0.15) is 243 Å². The number of rotatable bonds is 38.